The van der Waals surface area contributed by atoms with E-state index in [1.54, 1.807) is 24.3 Å². The Hall–Kier alpha value is -0.620. The molecule has 1 saturated heterocycles. The van der Waals surface area contributed by atoms with Crippen LogP contribution in [0.4, 0.5) is 0 Å². The summed E-state index contributed by atoms with van der Waals surface area (Å²) >= 11 is 5.83. The predicted molar refractivity (Wildman–Crippen MR) is 74.8 cm³/mol. The van der Waals surface area contributed by atoms with Gasteiger partial charge in [-0.25, -0.2) is 8.42 Å². The van der Waals surface area contributed by atoms with E-state index in [0.717, 1.165) is 0 Å². The van der Waals surface area contributed by atoms with Crippen LogP contribution in [0.5, 0.6) is 0 Å². The second kappa shape index (κ2) is 5.79. The number of hydrogen-bond acceptors (Lipinski definition) is 3. The SMILES string of the molecule is C[C@@H]1CN(S(=O)(=O)c2ccccc2CCl)C[C@H](C)O1. The lowest BCUT2D eigenvalue weighted by Crippen LogP contribution is -2.48. The topological polar surface area (TPSA) is 46.6 Å². The minimum absolute atomic E-state index is 0.0957. The Morgan fingerprint density at radius 1 is 1.26 bits per heavy atom. The number of hydrogen-bond donors (Lipinski definition) is 0. The molecular formula is C13H18ClNO3S. The molecule has 106 valence electrons. The zero-order valence-corrected chi connectivity index (χ0v) is 12.6. The first-order chi connectivity index (χ1) is 8.95. The van der Waals surface area contributed by atoms with Crippen LogP contribution in [0.3, 0.4) is 0 Å². The van der Waals surface area contributed by atoms with Gasteiger partial charge in [0.1, 0.15) is 0 Å². The van der Waals surface area contributed by atoms with Gasteiger partial charge in [0.15, 0.2) is 0 Å². The Balaban J connectivity index is 2.36. The molecule has 1 aromatic rings. The highest BCUT2D eigenvalue weighted by Gasteiger charge is 2.33. The molecule has 2 atom stereocenters. The van der Waals surface area contributed by atoms with Gasteiger partial charge in [0.2, 0.25) is 10.0 Å². The van der Waals surface area contributed by atoms with Crippen molar-refractivity contribution in [3.63, 3.8) is 0 Å². The van der Waals surface area contributed by atoms with Crippen molar-refractivity contribution in [1.29, 1.82) is 0 Å². The highest BCUT2D eigenvalue weighted by atomic mass is 35.5. The third-order valence-electron chi connectivity index (χ3n) is 3.12. The first-order valence-electron chi connectivity index (χ1n) is 6.24. The lowest BCUT2D eigenvalue weighted by molar-refractivity contribution is -0.0440. The molecule has 1 aliphatic heterocycles. The maximum Gasteiger partial charge on any atom is 0.243 e. The second-order valence-corrected chi connectivity index (χ2v) is 6.99. The molecule has 0 radical (unpaired) electrons. The number of morpholine rings is 1. The minimum atomic E-state index is -3.50. The van der Waals surface area contributed by atoms with Crippen molar-refractivity contribution in [3.8, 4) is 0 Å². The highest BCUT2D eigenvalue weighted by molar-refractivity contribution is 7.89. The lowest BCUT2D eigenvalue weighted by Gasteiger charge is -2.34. The second-order valence-electron chi connectivity index (χ2n) is 4.82. The minimum Gasteiger partial charge on any atom is -0.373 e. The predicted octanol–water partition coefficient (Wildman–Crippen LogP) is 2.22. The molecule has 0 aliphatic carbocycles. The molecule has 2 rings (SSSR count). The van der Waals surface area contributed by atoms with Crippen molar-refractivity contribution >= 4 is 21.6 Å². The van der Waals surface area contributed by atoms with Crippen LogP contribution in [-0.4, -0.2) is 38.0 Å². The summed E-state index contributed by atoms with van der Waals surface area (Å²) in [6.45, 7) is 4.52. The van der Waals surface area contributed by atoms with Crippen molar-refractivity contribution in [3.05, 3.63) is 29.8 Å². The first kappa shape index (κ1) is 14.8. The highest BCUT2D eigenvalue weighted by Crippen LogP contribution is 2.24. The average molecular weight is 304 g/mol. The summed E-state index contributed by atoms with van der Waals surface area (Å²) in [7, 11) is -3.50. The molecular weight excluding hydrogens is 286 g/mol. The Morgan fingerprint density at radius 2 is 1.84 bits per heavy atom. The fraction of sp³-hybridized carbons (Fsp3) is 0.538. The van der Waals surface area contributed by atoms with Crippen LogP contribution >= 0.6 is 11.6 Å². The molecule has 0 aromatic heterocycles. The molecule has 1 aromatic carbocycles. The molecule has 0 unspecified atom stereocenters. The van der Waals surface area contributed by atoms with Gasteiger partial charge >= 0.3 is 0 Å². The molecule has 1 heterocycles. The first-order valence-corrected chi connectivity index (χ1v) is 8.22. The van der Waals surface area contributed by atoms with Crippen molar-refractivity contribution in [2.75, 3.05) is 13.1 Å². The van der Waals surface area contributed by atoms with Crippen molar-refractivity contribution in [2.45, 2.75) is 36.8 Å². The number of alkyl halides is 1. The molecule has 6 heteroatoms. The maximum atomic E-state index is 12.7. The summed E-state index contributed by atoms with van der Waals surface area (Å²) in [6.07, 6.45) is -0.191. The van der Waals surface area contributed by atoms with Crippen molar-refractivity contribution in [2.24, 2.45) is 0 Å². The number of nitrogens with zero attached hydrogens (tertiary/aromatic N) is 1. The zero-order valence-electron chi connectivity index (χ0n) is 11.0. The van der Waals surface area contributed by atoms with Crippen LogP contribution in [0, 0.1) is 0 Å². The number of rotatable bonds is 3. The van der Waals surface area contributed by atoms with Crippen LogP contribution in [0.15, 0.2) is 29.2 Å². The van der Waals surface area contributed by atoms with Crippen LogP contribution in [0.1, 0.15) is 19.4 Å². The van der Waals surface area contributed by atoms with Gasteiger partial charge in [-0.05, 0) is 25.5 Å². The van der Waals surface area contributed by atoms with Crippen LogP contribution in [0.25, 0.3) is 0 Å². The smallest absolute Gasteiger partial charge is 0.243 e. The van der Waals surface area contributed by atoms with Crippen LogP contribution < -0.4 is 0 Å². The van der Waals surface area contributed by atoms with Gasteiger partial charge in [-0.3, -0.25) is 0 Å². The quantitative estimate of drug-likeness (QED) is 0.805. The number of benzene rings is 1. The number of sulfonamides is 1. The summed E-state index contributed by atoms with van der Waals surface area (Å²) in [5.74, 6) is 0.185. The Bertz CT molecular complexity index is 537. The van der Waals surface area contributed by atoms with Crippen LogP contribution in [-0.2, 0) is 20.6 Å². The summed E-state index contributed by atoms with van der Waals surface area (Å²) < 4.78 is 32.4. The van der Waals surface area contributed by atoms with E-state index in [1.165, 1.54) is 4.31 Å². The third-order valence-corrected chi connectivity index (χ3v) is 5.34. The van der Waals surface area contributed by atoms with Gasteiger partial charge in [-0.1, -0.05) is 18.2 Å². The molecule has 0 saturated carbocycles. The van der Waals surface area contributed by atoms with E-state index in [2.05, 4.69) is 0 Å². The molecule has 1 fully saturated rings. The Labute approximate surface area is 119 Å². The fourth-order valence-electron chi connectivity index (χ4n) is 2.33. The standard InChI is InChI=1S/C13H18ClNO3S/c1-10-8-15(9-11(2)18-10)19(16,17)13-6-4-3-5-12(13)7-14/h3-6,10-11H,7-9H2,1-2H3/t10-,11+. The van der Waals surface area contributed by atoms with Gasteiger partial charge in [0, 0.05) is 19.0 Å². The summed E-state index contributed by atoms with van der Waals surface area (Å²) in [4.78, 5) is 0.298. The molecule has 0 N–H and O–H groups in total. The Kier molecular flexibility index (Phi) is 4.50. The molecule has 4 nitrogen and oxygen atoms in total. The van der Waals surface area contributed by atoms with Gasteiger partial charge in [-0.15, -0.1) is 11.6 Å². The average Bonchev–Trinajstić information content (AvgIpc) is 2.37. The van der Waals surface area contributed by atoms with Crippen LogP contribution in [0.2, 0.25) is 0 Å². The monoisotopic (exact) mass is 303 g/mol. The molecule has 19 heavy (non-hydrogen) atoms. The molecule has 0 amide bonds. The lowest BCUT2D eigenvalue weighted by atomic mass is 10.2. The van der Waals surface area contributed by atoms with E-state index in [4.69, 9.17) is 16.3 Å². The van der Waals surface area contributed by atoms with E-state index >= 15 is 0 Å². The van der Waals surface area contributed by atoms with E-state index in [9.17, 15) is 8.42 Å². The largest absolute Gasteiger partial charge is 0.373 e. The van der Waals surface area contributed by atoms with Crippen molar-refractivity contribution in [1.82, 2.24) is 4.31 Å². The van der Waals surface area contributed by atoms with Gasteiger partial charge in [-0.2, -0.15) is 4.31 Å². The van der Waals surface area contributed by atoms with E-state index in [-0.39, 0.29) is 18.1 Å². The summed E-state index contributed by atoms with van der Waals surface area (Å²) in [6, 6.07) is 6.86. The van der Waals surface area contributed by atoms with Gasteiger partial charge < -0.3 is 4.74 Å². The van der Waals surface area contributed by atoms with Gasteiger partial charge in [0.05, 0.1) is 17.1 Å². The maximum absolute atomic E-state index is 12.7. The fourth-order valence-corrected chi connectivity index (χ4v) is 4.46. The summed E-state index contributed by atoms with van der Waals surface area (Å²) in [5, 5.41) is 0. The zero-order chi connectivity index (χ0) is 14.0. The molecule has 0 bridgehead atoms. The van der Waals surface area contributed by atoms with E-state index in [1.807, 2.05) is 13.8 Å². The summed E-state index contributed by atoms with van der Waals surface area (Å²) in [5.41, 5.74) is 0.635. The molecule has 1 aliphatic rings. The van der Waals surface area contributed by atoms with E-state index in [0.29, 0.717) is 23.5 Å². The third kappa shape index (κ3) is 3.11. The van der Waals surface area contributed by atoms with Crippen molar-refractivity contribution < 1.29 is 13.2 Å². The van der Waals surface area contributed by atoms with E-state index < -0.39 is 10.0 Å². The number of halogens is 1. The number of ether oxygens (including phenoxy) is 1. The normalized spacial score (nSPS) is 25.4. The molecule has 0 spiro atoms. The van der Waals surface area contributed by atoms with Gasteiger partial charge in [0.25, 0.3) is 0 Å². The Morgan fingerprint density at radius 3 is 2.42 bits per heavy atom.